The van der Waals surface area contributed by atoms with Crippen molar-refractivity contribution in [2.24, 2.45) is 0 Å². The summed E-state index contributed by atoms with van der Waals surface area (Å²) in [5.74, 6) is -1.27. The number of likely N-dealkylation sites (N-methyl/N-ethyl adjacent to an activating group) is 1. The van der Waals surface area contributed by atoms with Crippen molar-refractivity contribution in [3.8, 4) is 5.75 Å². The van der Waals surface area contributed by atoms with Crippen LogP contribution in [0.15, 0.2) is 29.2 Å². The fourth-order valence-corrected chi connectivity index (χ4v) is 2.23. The van der Waals surface area contributed by atoms with Crippen molar-refractivity contribution in [1.29, 1.82) is 0 Å². The highest BCUT2D eigenvalue weighted by molar-refractivity contribution is 7.89. The van der Waals surface area contributed by atoms with Gasteiger partial charge in [0, 0.05) is 14.1 Å². The molecule has 116 valence electrons. The molecule has 1 aromatic rings. The molecule has 1 aromatic carbocycles. The summed E-state index contributed by atoms with van der Waals surface area (Å²) in [4.78, 5) is 22.9. The second kappa shape index (κ2) is 7.04. The summed E-state index contributed by atoms with van der Waals surface area (Å²) in [5.41, 5.74) is 0. The summed E-state index contributed by atoms with van der Waals surface area (Å²) >= 11 is 0. The maximum atomic E-state index is 11.9. The summed E-state index contributed by atoms with van der Waals surface area (Å²) in [6.07, 6.45) is 0. The fourth-order valence-electron chi connectivity index (χ4n) is 1.26. The van der Waals surface area contributed by atoms with Crippen molar-refractivity contribution in [3.63, 3.8) is 0 Å². The third-order valence-electron chi connectivity index (χ3n) is 2.41. The number of amides is 1. The number of carbonyl (C=O) groups excluding carboxylic acids is 1. The number of carboxylic acid groups (broad SMARTS) is 1. The molecule has 1 rings (SSSR count). The second-order valence-electron chi connectivity index (χ2n) is 4.27. The topological polar surface area (TPSA) is 113 Å². The van der Waals surface area contributed by atoms with Crippen molar-refractivity contribution in [3.05, 3.63) is 24.3 Å². The molecule has 0 atom stereocenters. The molecule has 0 saturated heterocycles. The molecular weight excluding hydrogens is 300 g/mol. The van der Waals surface area contributed by atoms with E-state index in [4.69, 9.17) is 9.84 Å². The Labute approximate surface area is 122 Å². The van der Waals surface area contributed by atoms with Crippen molar-refractivity contribution >= 4 is 21.9 Å². The number of rotatable bonds is 7. The van der Waals surface area contributed by atoms with E-state index in [0.29, 0.717) is 0 Å². The van der Waals surface area contributed by atoms with Gasteiger partial charge in [-0.2, -0.15) is 0 Å². The molecule has 0 aliphatic heterocycles. The normalized spacial score (nSPS) is 11.0. The van der Waals surface area contributed by atoms with Gasteiger partial charge in [-0.1, -0.05) is 0 Å². The Morgan fingerprint density at radius 3 is 2.29 bits per heavy atom. The Kier molecular flexibility index (Phi) is 5.68. The van der Waals surface area contributed by atoms with Gasteiger partial charge in [-0.05, 0) is 24.3 Å². The minimum absolute atomic E-state index is 0.0447. The van der Waals surface area contributed by atoms with Gasteiger partial charge in [0.05, 0.1) is 11.4 Å². The molecule has 1 amide bonds. The first kappa shape index (κ1) is 16.9. The van der Waals surface area contributed by atoms with Gasteiger partial charge in [0.15, 0.2) is 6.61 Å². The number of carboxylic acids is 1. The first-order valence-electron chi connectivity index (χ1n) is 5.87. The fraction of sp³-hybridized carbons (Fsp3) is 0.333. The zero-order valence-corrected chi connectivity index (χ0v) is 12.4. The Balaban J connectivity index is 2.71. The third-order valence-corrected chi connectivity index (χ3v) is 3.83. The lowest BCUT2D eigenvalue weighted by atomic mass is 10.3. The van der Waals surface area contributed by atoms with E-state index in [1.807, 2.05) is 0 Å². The van der Waals surface area contributed by atoms with E-state index in [9.17, 15) is 18.0 Å². The summed E-state index contributed by atoms with van der Waals surface area (Å²) in [7, 11) is -0.768. The molecule has 9 heteroatoms. The van der Waals surface area contributed by atoms with Crippen molar-refractivity contribution < 1.29 is 27.9 Å². The molecule has 0 heterocycles. The number of hydrogen-bond donors (Lipinski definition) is 2. The number of nitrogens with one attached hydrogen (secondary N) is 1. The van der Waals surface area contributed by atoms with E-state index < -0.39 is 22.6 Å². The van der Waals surface area contributed by atoms with E-state index in [1.54, 1.807) is 0 Å². The van der Waals surface area contributed by atoms with E-state index in [2.05, 4.69) is 4.72 Å². The van der Waals surface area contributed by atoms with Crippen LogP contribution in [0.1, 0.15) is 0 Å². The number of sulfonamides is 1. The largest absolute Gasteiger partial charge is 0.482 e. The summed E-state index contributed by atoms with van der Waals surface area (Å²) < 4.78 is 30.9. The van der Waals surface area contributed by atoms with Crippen molar-refractivity contribution in [1.82, 2.24) is 9.62 Å². The minimum Gasteiger partial charge on any atom is -0.482 e. The quantitative estimate of drug-likeness (QED) is 0.702. The van der Waals surface area contributed by atoms with Crippen LogP contribution in [0.3, 0.4) is 0 Å². The average Bonchev–Trinajstić information content (AvgIpc) is 2.43. The van der Waals surface area contributed by atoms with Crippen molar-refractivity contribution in [2.75, 3.05) is 27.2 Å². The zero-order valence-electron chi connectivity index (χ0n) is 11.6. The summed E-state index contributed by atoms with van der Waals surface area (Å²) in [5, 5.41) is 8.46. The molecule has 0 saturated carbocycles. The molecule has 0 unspecified atom stereocenters. The Bertz CT molecular complexity index is 609. The predicted molar refractivity (Wildman–Crippen MR) is 73.5 cm³/mol. The Hall–Kier alpha value is -2.13. The number of hydrogen-bond acceptors (Lipinski definition) is 5. The number of benzene rings is 1. The first-order chi connectivity index (χ1) is 9.72. The standard InChI is InChI=1S/C12H16N2O6S/c1-14(2)11(15)7-13-21(18,19)10-5-3-9(4-6-10)20-8-12(16)17/h3-6,13H,7-8H2,1-2H3,(H,16,17). The van der Waals surface area contributed by atoms with Crippen LogP contribution in [-0.4, -0.2) is 57.5 Å². The van der Waals surface area contributed by atoms with Gasteiger partial charge >= 0.3 is 5.97 Å². The maximum Gasteiger partial charge on any atom is 0.341 e. The molecule has 0 bridgehead atoms. The highest BCUT2D eigenvalue weighted by Gasteiger charge is 2.16. The summed E-state index contributed by atoms with van der Waals surface area (Å²) in [6, 6.07) is 5.20. The summed E-state index contributed by atoms with van der Waals surface area (Å²) in [6.45, 7) is -0.853. The van der Waals surface area contributed by atoms with Gasteiger partial charge < -0.3 is 14.7 Å². The molecule has 2 N–H and O–H groups in total. The van der Waals surface area contributed by atoms with Gasteiger partial charge in [-0.15, -0.1) is 0 Å². The average molecular weight is 316 g/mol. The number of nitrogens with zero attached hydrogens (tertiary/aromatic N) is 1. The van der Waals surface area contributed by atoms with Crippen molar-refractivity contribution in [2.45, 2.75) is 4.90 Å². The molecule has 21 heavy (non-hydrogen) atoms. The van der Waals surface area contributed by atoms with E-state index >= 15 is 0 Å². The first-order valence-corrected chi connectivity index (χ1v) is 7.35. The lowest BCUT2D eigenvalue weighted by Gasteiger charge is -2.11. The van der Waals surface area contributed by atoms with Crippen LogP contribution in [0.5, 0.6) is 5.75 Å². The third kappa shape index (κ3) is 5.40. The number of carbonyl (C=O) groups is 2. The van der Waals surface area contributed by atoms with Gasteiger partial charge in [-0.3, -0.25) is 4.79 Å². The second-order valence-corrected chi connectivity index (χ2v) is 6.03. The molecule has 8 nitrogen and oxygen atoms in total. The smallest absolute Gasteiger partial charge is 0.341 e. The van der Waals surface area contributed by atoms with Crippen LogP contribution in [0, 0.1) is 0 Å². The lowest BCUT2D eigenvalue weighted by Crippen LogP contribution is -2.36. The molecule has 0 spiro atoms. The van der Waals surface area contributed by atoms with Crippen LogP contribution in [0.4, 0.5) is 0 Å². The van der Waals surface area contributed by atoms with Crippen LogP contribution in [0.2, 0.25) is 0 Å². The van der Waals surface area contributed by atoms with Crippen LogP contribution in [-0.2, 0) is 19.6 Å². The highest BCUT2D eigenvalue weighted by atomic mass is 32.2. The molecular formula is C12H16N2O6S. The van der Waals surface area contributed by atoms with E-state index in [1.165, 1.54) is 43.3 Å². The molecule has 0 aliphatic carbocycles. The molecule has 0 aliphatic rings. The Morgan fingerprint density at radius 2 is 1.81 bits per heavy atom. The van der Waals surface area contributed by atoms with Gasteiger partial charge in [0.1, 0.15) is 5.75 Å². The van der Waals surface area contributed by atoms with Gasteiger partial charge in [0.2, 0.25) is 15.9 Å². The van der Waals surface area contributed by atoms with Crippen LogP contribution < -0.4 is 9.46 Å². The number of ether oxygens (including phenoxy) is 1. The number of aliphatic carboxylic acids is 1. The molecule has 0 aromatic heterocycles. The van der Waals surface area contributed by atoms with Gasteiger partial charge in [-0.25, -0.2) is 17.9 Å². The Morgan fingerprint density at radius 1 is 1.24 bits per heavy atom. The minimum atomic E-state index is -3.81. The van der Waals surface area contributed by atoms with Gasteiger partial charge in [0.25, 0.3) is 0 Å². The predicted octanol–water partition coefficient (Wildman–Crippen LogP) is -0.483. The lowest BCUT2D eigenvalue weighted by molar-refractivity contribution is -0.139. The van der Waals surface area contributed by atoms with Crippen LogP contribution >= 0.6 is 0 Å². The highest BCUT2D eigenvalue weighted by Crippen LogP contribution is 2.15. The molecule has 0 fully saturated rings. The van der Waals surface area contributed by atoms with Crippen LogP contribution in [0.25, 0.3) is 0 Å². The molecule has 0 radical (unpaired) electrons. The monoisotopic (exact) mass is 316 g/mol. The maximum absolute atomic E-state index is 11.9. The zero-order chi connectivity index (χ0) is 16.0. The van der Waals surface area contributed by atoms with E-state index in [0.717, 1.165) is 0 Å². The van der Waals surface area contributed by atoms with E-state index in [-0.39, 0.29) is 23.1 Å². The SMILES string of the molecule is CN(C)C(=O)CNS(=O)(=O)c1ccc(OCC(=O)O)cc1.